The number of piperidine rings is 1. The van der Waals surface area contributed by atoms with Crippen LogP contribution in [-0.2, 0) is 11.3 Å². The predicted octanol–water partition coefficient (Wildman–Crippen LogP) is 3.10. The summed E-state index contributed by atoms with van der Waals surface area (Å²) in [5.41, 5.74) is 2.42. The van der Waals surface area contributed by atoms with E-state index < -0.39 is 5.79 Å². The van der Waals surface area contributed by atoms with Gasteiger partial charge >= 0.3 is 0 Å². The molecule has 1 amide bonds. The van der Waals surface area contributed by atoms with Crippen LogP contribution in [0.5, 0.6) is 5.75 Å². The van der Waals surface area contributed by atoms with Crippen molar-refractivity contribution in [2.75, 3.05) is 13.1 Å². The Labute approximate surface area is 150 Å². The molecule has 0 radical (unpaired) electrons. The Hall–Kier alpha value is -2.86. The lowest BCUT2D eigenvalue weighted by Crippen LogP contribution is -2.52. The number of rotatable bonds is 1. The van der Waals surface area contributed by atoms with Crippen LogP contribution >= 0.6 is 0 Å². The molecule has 0 bridgehead atoms. The van der Waals surface area contributed by atoms with Crippen molar-refractivity contribution in [1.82, 2.24) is 15.1 Å². The third-order valence-electron chi connectivity index (χ3n) is 5.24. The highest BCUT2D eigenvalue weighted by Gasteiger charge is 2.42. The zero-order valence-corrected chi connectivity index (χ0v) is 14.3. The van der Waals surface area contributed by atoms with Crippen molar-refractivity contribution < 1.29 is 14.3 Å². The minimum absolute atomic E-state index is 0.0477. The third kappa shape index (κ3) is 2.45. The van der Waals surface area contributed by atoms with Crippen molar-refractivity contribution in [3.63, 3.8) is 0 Å². The number of H-pyrrole nitrogens is 1. The Morgan fingerprint density at radius 1 is 1.08 bits per heavy atom. The van der Waals surface area contributed by atoms with E-state index in [-0.39, 0.29) is 5.91 Å². The minimum atomic E-state index is -0.626. The topological polar surface area (TPSA) is 67.5 Å². The van der Waals surface area contributed by atoms with E-state index in [0.29, 0.717) is 38.2 Å². The molecular weight excluding hydrogens is 330 g/mol. The first-order valence-corrected chi connectivity index (χ1v) is 8.87. The van der Waals surface area contributed by atoms with Crippen molar-refractivity contribution in [1.29, 1.82) is 0 Å². The summed E-state index contributed by atoms with van der Waals surface area (Å²) >= 11 is 0. The maximum atomic E-state index is 12.9. The molecule has 5 rings (SSSR count). The van der Waals surface area contributed by atoms with Crippen LogP contribution in [0.2, 0.25) is 0 Å². The summed E-state index contributed by atoms with van der Waals surface area (Å²) in [7, 11) is 0. The van der Waals surface area contributed by atoms with Crippen LogP contribution in [0, 0.1) is 0 Å². The summed E-state index contributed by atoms with van der Waals surface area (Å²) in [6, 6.07) is 15.6. The molecule has 0 atom stereocenters. The predicted molar refractivity (Wildman–Crippen MR) is 95.8 cm³/mol. The van der Waals surface area contributed by atoms with Gasteiger partial charge in [0.25, 0.3) is 5.91 Å². The molecule has 1 fully saturated rings. The second-order valence-corrected chi connectivity index (χ2v) is 6.82. The molecule has 2 aliphatic heterocycles. The number of hydrogen-bond acceptors (Lipinski definition) is 4. The van der Waals surface area contributed by atoms with Gasteiger partial charge in [-0.15, -0.1) is 0 Å². The highest BCUT2D eigenvalue weighted by atomic mass is 16.7. The van der Waals surface area contributed by atoms with Crippen LogP contribution in [0.1, 0.15) is 28.9 Å². The number of carbonyl (C=O) groups excluding carboxylic acids is 1. The normalized spacial score (nSPS) is 18.5. The third-order valence-corrected chi connectivity index (χ3v) is 5.24. The summed E-state index contributed by atoms with van der Waals surface area (Å²) < 4.78 is 12.2. The zero-order valence-electron chi connectivity index (χ0n) is 14.3. The molecule has 26 heavy (non-hydrogen) atoms. The Morgan fingerprint density at radius 3 is 2.73 bits per heavy atom. The van der Waals surface area contributed by atoms with Gasteiger partial charge in [0.1, 0.15) is 5.75 Å². The Kier molecular flexibility index (Phi) is 3.46. The monoisotopic (exact) mass is 349 g/mol. The number of likely N-dealkylation sites (tertiary alicyclic amines) is 1. The quantitative estimate of drug-likeness (QED) is 0.733. The number of ether oxygens (including phenoxy) is 2. The molecule has 6 nitrogen and oxygen atoms in total. The standard InChI is InChI=1S/C20H19N3O3/c24-19(18-15-6-2-3-7-16(15)21-22-18)23-11-9-20(10-12-23)25-13-14-5-1-4-8-17(14)26-20/h1-8H,9-13H2,(H,21,22). The molecular formula is C20H19N3O3. The van der Waals surface area contributed by atoms with Crippen LogP contribution in [0.25, 0.3) is 10.9 Å². The fraction of sp³-hybridized carbons (Fsp3) is 0.300. The second kappa shape index (κ2) is 5.85. The Balaban J connectivity index is 1.32. The highest BCUT2D eigenvalue weighted by molar-refractivity contribution is 6.04. The maximum absolute atomic E-state index is 12.9. The number of aromatic amines is 1. The van der Waals surface area contributed by atoms with E-state index in [1.165, 1.54) is 0 Å². The van der Waals surface area contributed by atoms with Gasteiger partial charge in [-0.1, -0.05) is 36.4 Å². The molecule has 2 aliphatic rings. The molecule has 6 heteroatoms. The van der Waals surface area contributed by atoms with E-state index in [9.17, 15) is 4.79 Å². The van der Waals surface area contributed by atoms with E-state index >= 15 is 0 Å². The fourth-order valence-electron chi connectivity index (χ4n) is 3.73. The van der Waals surface area contributed by atoms with Crippen molar-refractivity contribution in [2.24, 2.45) is 0 Å². The molecule has 1 N–H and O–H groups in total. The largest absolute Gasteiger partial charge is 0.462 e. The van der Waals surface area contributed by atoms with Gasteiger partial charge in [-0.05, 0) is 12.1 Å². The van der Waals surface area contributed by atoms with E-state index in [2.05, 4.69) is 10.2 Å². The molecule has 0 saturated carbocycles. The second-order valence-electron chi connectivity index (χ2n) is 6.82. The summed E-state index contributed by atoms with van der Waals surface area (Å²) in [6.07, 6.45) is 1.30. The number of fused-ring (bicyclic) bond motifs is 2. The van der Waals surface area contributed by atoms with E-state index in [0.717, 1.165) is 22.2 Å². The number of amides is 1. The summed E-state index contributed by atoms with van der Waals surface area (Å²) in [5, 5.41) is 8.01. The zero-order chi connectivity index (χ0) is 17.6. The lowest BCUT2D eigenvalue weighted by molar-refractivity contribution is -0.225. The fourth-order valence-corrected chi connectivity index (χ4v) is 3.73. The highest BCUT2D eigenvalue weighted by Crippen LogP contribution is 2.37. The number of aromatic nitrogens is 2. The number of carbonyl (C=O) groups is 1. The van der Waals surface area contributed by atoms with Crippen molar-refractivity contribution >= 4 is 16.8 Å². The van der Waals surface area contributed by atoms with Gasteiger partial charge in [0.05, 0.1) is 12.1 Å². The van der Waals surface area contributed by atoms with Crippen LogP contribution in [0.3, 0.4) is 0 Å². The number of benzene rings is 2. The van der Waals surface area contributed by atoms with Gasteiger partial charge in [0.15, 0.2) is 5.69 Å². The molecule has 132 valence electrons. The van der Waals surface area contributed by atoms with Crippen LogP contribution in [0.15, 0.2) is 48.5 Å². The van der Waals surface area contributed by atoms with Gasteiger partial charge in [-0.3, -0.25) is 9.89 Å². The number of para-hydroxylation sites is 2. The van der Waals surface area contributed by atoms with E-state index in [4.69, 9.17) is 9.47 Å². The number of nitrogens with one attached hydrogen (secondary N) is 1. The first-order chi connectivity index (χ1) is 12.7. The lowest BCUT2D eigenvalue weighted by Gasteiger charge is -2.43. The molecule has 1 saturated heterocycles. The Morgan fingerprint density at radius 2 is 1.85 bits per heavy atom. The van der Waals surface area contributed by atoms with Crippen LogP contribution in [0.4, 0.5) is 0 Å². The average Bonchev–Trinajstić information content (AvgIpc) is 3.12. The summed E-state index contributed by atoms with van der Waals surface area (Å²) in [4.78, 5) is 14.7. The first-order valence-electron chi connectivity index (χ1n) is 8.87. The average molecular weight is 349 g/mol. The molecule has 0 aliphatic carbocycles. The lowest BCUT2D eigenvalue weighted by atomic mass is 10.0. The SMILES string of the molecule is O=C(c1n[nH]c2ccccc12)N1CCC2(CC1)OCc1ccccc1O2. The van der Waals surface area contributed by atoms with Gasteiger partial charge in [-0.2, -0.15) is 5.10 Å². The van der Waals surface area contributed by atoms with E-state index in [1.807, 2.05) is 53.4 Å². The molecule has 2 aromatic carbocycles. The van der Waals surface area contributed by atoms with Gasteiger partial charge in [-0.25, -0.2) is 0 Å². The Bertz CT molecular complexity index is 973. The number of nitrogens with zero attached hydrogens (tertiary/aromatic N) is 2. The molecule has 1 spiro atoms. The van der Waals surface area contributed by atoms with Crippen molar-refractivity contribution in [2.45, 2.75) is 25.2 Å². The smallest absolute Gasteiger partial charge is 0.274 e. The van der Waals surface area contributed by atoms with Gasteiger partial charge in [0, 0.05) is 36.9 Å². The molecule has 0 unspecified atom stereocenters. The van der Waals surface area contributed by atoms with Crippen molar-refractivity contribution in [3.05, 3.63) is 59.8 Å². The van der Waals surface area contributed by atoms with E-state index in [1.54, 1.807) is 0 Å². The minimum Gasteiger partial charge on any atom is -0.462 e. The van der Waals surface area contributed by atoms with Crippen LogP contribution < -0.4 is 4.74 Å². The summed E-state index contributed by atoms with van der Waals surface area (Å²) in [6.45, 7) is 1.72. The van der Waals surface area contributed by atoms with Gasteiger partial charge in [0.2, 0.25) is 5.79 Å². The molecule has 3 aromatic rings. The number of hydrogen-bond donors (Lipinski definition) is 1. The first kappa shape index (κ1) is 15.4. The summed E-state index contributed by atoms with van der Waals surface area (Å²) in [5.74, 6) is 0.212. The molecule has 1 aromatic heterocycles. The molecule has 3 heterocycles. The van der Waals surface area contributed by atoms with Crippen LogP contribution in [-0.4, -0.2) is 39.9 Å². The maximum Gasteiger partial charge on any atom is 0.274 e. The van der Waals surface area contributed by atoms with Crippen molar-refractivity contribution in [3.8, 4) is 5.75 Å². The van der Waals surface area contributed by atoms with Gasteiger partial charge < -0.3 is 14.4 Å².